The normalized spacial score (nSPS) is 17.7. The molecule has 3 aromatic rings. The Morgan fingerprint density at radius 1 is 1.10 bits per heavy atom. The lowest BCUT2D eigenvalue weighted by atomic mass is 9.96. The lowest BCUT2D eigenvalue weighted by Gasteiger charge is -2.25. The number of aliphatic hydroxyl groups is 1. The molecule has 0 radical (unpaired) electrons. The van der Waals surface area contributed by atoms with Gasteiger partial charge in [-0.05, 0) is 42.0 Å². The number of hydrogen-bond donors (Lipinski definition) is 1. The number of anilines is 1. The number of benzene rings is 2. The van der Waals surface area contributed by atoms with E-state index in [9.17, 15) is 24.8 Å². The summed E-state index contributed by atoms with van der Waals surface area (Å²) in [7, 11) is 0. The summed E-state index contributed by atoms with van der Waals surface area (Å²) in [6.45, 7) is 0. The zero-order chi connectivity index (χ0) is 22.1. The summed E-state index contributed by atoms with van der Waals surface area (Å²) < 4.78 is 0.715. The van der Waals surface area contributed by atoms with Crippen molar-refractivity contribution in [1.82, 2.24) is 4.98 Å². The highest BCUT2D eigenvalue weighted by molar-refractivity contribution is 9.10. The highest BCUT2D eigenvalue weighted by Crippen LogP contribution is 2.42. The number of non-ortho nitro benzene ring substituents is 1. The van der Waals surface area contributed by atoms with Crippen molar-refractivity contribution in [3.63, 3.8) is 0 Å². The molecule has 1 unspecified atom stereocenters. The van der Waals surface area contributed by atoms with Gasteiger partial charge < -0.3 is 5.11 Å². The maximum atomic E-state index is 13.0. The molecule has 8 nitrogen and oxygen atoms in total. The Balaban J connectivity index is 1.91. The predicted molar refractivity (Wildman–Crippen MR) is 116 cm³/mol. The zero-order valence-corrected chi connectivity index (χ0v) is 17.4. The number of amides is 1. The summed E-state index contributed by atoms with van der Waals surface area (Å²) in [6.07, 6.45) is 3.08. The molecule has 2 aromatic carbocycles. The van der Waals surface area contributed by atoms with Crippen LogP contribution in [-0.2, 0) is 9.59 Å². The van der Waals surface area contributed by atoms with Crippen LogP contribution in [-0.4, -0.2) is 26.7 Å². The number of hydrogen-bond acceptors (Lipinski definition) is 6. The van der Waals surface area contributed by atoms with E-state index in [0.717, 1.165) is 0 Å². The number of Topliss-reactive ketones (excluding diaryl/α,β-unsaturated/α-hetero) is 1. The van der Waals surface area contributed by atoms with Crippen molar-refractivity contribution < 1.29 is 19.6 Å². The van der Waals surface area contributed by atoms with E-state index in [-0.39, 0.29) is 16.8 Å². The smallest absolute Gasteiger partial charge is 0.300 e. The van der Waals surface area contributed by atoms with E-state index in [0.29, 0.717) is 15.7 Å². The van der Waals surface area contributed by atoms with Gasteiger partial charge in [-0.3, -0.25) is 29.6 Å². The molecule has 31 heavy (non-hydrogen) atoms. The summed E-state index contributed by atoms with van der Waals surface area (Å²) in [5.41, 5.74) is 0.909. The number of aliphatic hydroxyl groups excluding tert-OH is 1. The van der Waals surface area contributed by atoms with Gasteiger partial charge in [0.05, 0.1) is 16.5 Å². The van der Waals surface area contributed by atoms with Gasteiger partial charge in [-0.15, -0.1) is 0 Å². The van der Waals surface area contributed by atoms with Gasteiger partial charge in [0.25, 0.3) is 17.4 Å². The van der Waals surface area contributed by atoms with Crippen LogP contribution < -0.4 is 4.90 Å². The van der Waals surface area contributed by atoms with Gasteiger partial charge >= 0.3 is 0 Å². The number of carbonyl (C=O) groups excluding carboxylic acids is 2. The molecule has 1 aliphatic rings. The van der Waals surface area contributed by atoms with Crippen LogP contribution in [0.1, 0.15) is 17.2 Å². The molecule has 9 heteroatoms. The molecule has 0 saturated carbocycles. The Bertz CT molecular complexity index is 1230. The van der Waals surface area contributed by atoms with Crippen molar-refractivity contribution in [3.05, 3.63) is 104 Å². The van der Waals surface area contributed by atoms with Crippen molar-refractivity contribution in [3.8, 4) is 0 Å². The molecule has 1 fully saturated rings. The van der Waals surface area contributed by atoms with E-state index in [4.69, 9.17) is 0 Å². The third-order valence-electron chi connectivity index (χ3n) is 4.88. The lowest BCUT2D eigenvalue weighted by molar-refractivity contribution is -0.384. The fourth-order valence-corrected chi connectivity index (χ4v) is 3.86. The Morgan fingerprint density at radius 2 is 1.84 bits per heavy atom. The average Bonchev–Trinajstić information content (AvgIpc) is 3.04. The molecule has 4 rings (SSSR count). The van der Waals surface area contributed by atoms with Crippen LogP contribution in [0.2, 0.25) is 0 Å². The van der Waals surface area contributed by atoms with Crippen molar-refractivity contribution in [2.24, 2.45) is 0 Å². The summed E-state index contributed by atoms with van der Waals surface area (Å²) >= 11 is 3.37. The number of nitrogens with zero attached hydrogens (tertiary/aromatic N) is 3. The second-order valence-electron chi connectivity index (χ2n) is 6.74. The summed E-state index contributed by atoms with van der Waals surface area (Å²) in [5.74, 6) is -2.07. The van der Waals surface area contributed by atoms with E-state index in [2.05, 4.69) is 20.9 Å². The van der Waals surface area contributed by atoms with Gasteiger partial charge in [-0.2, -0.15) is 0 Å². The Kier molecular flexibility index (Phi) is 5.35. The number of ketones is 1. The largest absolute Gasteiger partial charge is 0.507 e. The number of aromatic nitrogens is 1. The zero-order valence-electron chi connectivity index (χ0n) is 15.8. The number of pyridine rings is 1. The number of nitro groups is 1. The summed E-state index contributed by atoms with van der Waals surface area (Å²) in [4.78, 5) is 41.7. The number of nitro benzene ring substituents is 1. The Morgan fingerprint density at radius 3 is 2.45 bits per heavy atom. The molecule has 1 N–H and O–H groups in total. The second-order valence-corrected chi connectivity index (χ2v) is 7.65. The number of rotatable bonds is 4. The van der Waals surface area contributed by atoms with Gasteiger partial charge in [-0.25, -0.2) is 0 Å². The molecule has 1 aromatic heterocycles. The number of halogens is 1. The first-order valence-corrected chi connectivity index (χ1v) is 9.89. The highest BCUT2D eigenvalue weighted by Gasteiger charge is 2.47. The minimum Gasteiger partial charge on any atom is -0.507 e. The molecule has 0 aliphatic carbocycles. The SMILES string of the molecule is O=C1C(=O)N(c2cccc(Br)c2)C(c2cccnc2)/C1=C(\O)c1ccc([N+](=O)[O-])cc1. The first-order chi connectivity index (χ1) is 14.9. The molecular formula is C22H14BrN3O5. The monoisotopic (exact) mass is 479 g/mol. The van der Waals surface area contributed by atoms with Crippen LogP contribution in [0.5, 0.6) is 0 Å². The van der Waals surface area contributed by atoms with Crippen LogP contribution in [0.4, 0.5) is 11.4 Å². The van der Waals surface area contributed by atoms with Gasteiger partial charge in [0.1, 0.15) is 5.76 Å². The maximum Gasteiger partial charge on any atom is 0.300 e. The van der Waals surface area contributed by atoms with E-state index in [1.807, 2.05) is 0 Å². The van der Waals surface area contributed by atoms with Gasteiger partial charge in [0.2, 0.25) is 0 Å². The average molecular weight is 480 g/mol. The molecule has 0 spiro atoms. The van der Waals surface area contributed by atoms with Crippen LogP contribution in [0, 0.1) is 10.1 Å². The minimum absolute atomic E-state index is 0.119. The first kappa shape index (κ1) is 20.4. The van der Waals surface area contributed by atoms with Gasteiger partial charge in [0, 0.05) is 40.2 Å². The van der Waals surface area contributed by atoms with Crippen LogP contribution in [0.15, 0.2) is 83.1 Å². The summed E-state index contributed by atoms with van der Waals surface area (Å²) in [6, 6.07) is 14.5. The lowest BCUT2D eigenvalue weighted by Crippen LogP contribution is -2.29. The minimum atomic E-state index is -0.918. The molecule has 1 amide bonds. The van der Waals surface area contributed by atoms with Gasteiger partial charge in [0.15, 0.2) is 0 Å². The van der Waals surface area contributed by atoms with Crippen LogP contribution >= 0.6 is 15.9 Å². The first-order valence-electron chi connectivity index (χ1n) is 9.10. The topological polar surface area (TPSA) is 114 Å². The van der Waals surface area contributed by atoms with Crippen molar-refractivity contribution in [1.29, 1.82) is 0 Å². The fourth-order valence-electron chi connectivity index (χ4n) is 3.47. The van der Waals surface area contributed by atoms with Crippen LogP contribution in [0.3, 0.4) is 0 Å². The predicted octanol–water partition coefficient (Wildman–Crippen LogP) is 4.38. The number of carbonyl (C=O) groups is 2. The molecule has 1 atom stereocenters. The second kappa shape index (κ2) is 8.11. The van der Waals surface area contributed by atoms with E-state index in [1.165, 1.54) is 35.4 Å². The summed E-state index contributed by atoms with van der Waals surface area (Å²) in [5, 5.41) is 21.9. The van der Waals surface area contributed by atoms with E-state index < -0.39 is 28.4 Å². The third kappa shape index (κ3) is 3.71. The maximum absolute atomic E-state index is 13.0. The highest BCUT2D eigenvalue weighted by atomic mass is 79.9. The molecule has 154 valence electrons. The Labute approximate surface area is 184 Å². The Hall–Kier alpha value is -3.85. The van der Waals surface area contributed by atoms with Crippen LogP contribution in [0.25, 0.3) is 5.76 Å². The van der Waals surface area contributed by atoms with Crippen molar-refractivity contribution >= 4 is 44.8 Å². The molecule has 1 saturated heterocycles. The fraction of sp³-hybridized carbons (Fsp3) is 0.0455. The van der Waals surface area contributed by atoms with Crippen molar-refractivity contribution in [2.75, 3.05) is 4.90 Å². The van der Waals surface area contributed by atoms with Gasteiger partial charge in [-0.1, -0.05) is 28.1 Å². The molecule has 1 aliphatic heterocycles. The third-order valence-corrected chi connectivity index (χ3v) is 5.38. The molecular weight excluding hydrogens is 466 g/mol. The van der Waals surface area contributed by atoms with Crippen molar-refractivity contribution in [2.45, 2.75) is 6.04 Å². The molecule has 0 bridgehead atoms. The molecule has 2 heterocycles. The standard InChI is InChI=1S/C22H14BrN3O5/c23-15-4-1-5-17(11-15)25-19(14-3-2-10-24-12-14)18(21(28)22(25)29)20(27)13-6-8-16(9-7-13)26(30)31/h1-12,19,27H/b20-18+. The quantitative estimate of drug-likeness (QED) is 0.195. The van der Waals surface area contributed by atoms with E-state index in [1.54, 1.807) is 42.6 Å². The van der Waals surface area contributed by atoms with E-state index >= 15 is 0 Å².